The lowest BCUT2D eigenvalue weighted by Crippen LogP contribution is -2.39. The molecule has 0 unspecified atom stereocenters. The monoisotopic (exact) mass is 475 g/mol. The number of sulfonamides is 1. The predicted octanol–water partition coefficient (Wildman–Crippen LogP) is 4.65. The number of halogens is 2. The zero-order valence-electron chi connectivity index (χ0n) is 16.5. The second-order valence-electron chi connectivity index (χ2n) is 6.59. The first kappa shape index (κ1) is 22.8. The Morgan fingerprint density at radius 1 is 0.968 bits per heavy atom. The van der Waals surface area contributed by atoms with Crippen molar-refractivity contribution in [1.29, 1.82) is 0 Å². The molecule has 3 aromatic carbocycles. The van der Waals surface area contributed by atoms with Crippen molar-refractivity contribution in [1.82, 2.24) is 5.43 Å². The van der Waals surface area contributed by atoms with Gasteiger partial charge in [-0.15, -0.1) is 0 Å². The molecule has 160 valence electrons. The van der Waals surface area contributed by atoms with E-state index in [0.717, 1.165) is 9.87 Å². The molecule has 0 aliphatic carbocycles. The molecular weight excluding hydrogens is 457 g/mol. The van der Waals surface area contributed by atoms with Crippen LogP contribution in [-0.2, 0) is 14.8 Å². The van der Waals surface area contributed by atoms with Crippen molar-refractivity contribution in [3.8, 4) is 0 Å². The second kappa shape index (κ2) is 9.96. The van der Waals surface area contributed by atoms with Gasteiger partial charge in [0.15, 0.2) is 0 Å². The Morgan fingerprint density at radius 2 is 1.58 bits per heavy atom. The Bertz CT molecular complexity index is 1180. The van der Waals surface area contributed by atoms with Crippen molar-refractivity contribution in [3.05, 3.63) is 94.0 Å². The number of aryl methyl sites for hydroxylation is 1. The largest absolute Gasteiger partial charge is 0.271 e. The van der Waals surface area contributed by atoms with Crippen LogP contribution in [-0.4, -0.2) is 27.1 Å². The van der Waals surface area contributed by atoms with Crippen molar-refractivity contribution in [2.75, 3.05) is 10.8 Å². The number of amides is 1. The summed E-state index contributed by atoms with van der Waals surface area (Å²) in [6.07, 6.45) is 1.31. The first-order valence-electron chi connectivity index (χ1n) is 9.19. The highest BCUT2D eigenvalue weighted by atomic mass is 35.5. The highest BCUT2D eigenvalue weighted by Crippen LogP contribution is 2.24. The molecule has 0 saturated carbocycles. The number of rotatable bonds is 7. The van der Waals surface area contributed by atoms with Crippen molar-refractivity contribution >= 4 is 51.0 Å². The Hall–Kier alpha value is -2.87. The first-order chi connectivity index (χ1) is 14.8. The normalized spacial score (nSPS) is 11.5. The SMILES string of the molecule is Cc1ccc(N(CC(=O)N/N=C\c2c(Cl)cccc2Cl)S(=O)(=O)c2ccccc2)cc1. The number of hydrogen-bond donors (Lipinski definition) is 1. The van der Waals surface area contributed by atoms with Gasteiger partial charge in [-0.2, -0.15) is 5.10 Å². The summed E-state index contributed by atoms with van der Waals surface area (Å²) in [7, 11) is -3.97. The van der Waals surface area contributed by atoms with Gasteiger partial charge in [0.05, 0.1) is 26.8 Å². The summed E-state index contributed by atoms with van der Waals surface area (Å²) in [4.78, 5) is 12.6. The van der Waals surface area contributed by atoms with E-state index in [0.29, 0.717) is 21.3 Å². The molecule has 0 radical (unpaired) electrons. The smallest absolute Gasteiger partial charge is 0.264 e. The number of anilines is 1. The van der Waals surface area contributed by atoms with Crippen molar-refractivity contribution in [3.63, 3.8) is 0 Å². The molecule has 0 bridgehead atoms. The predicted molar refractivity (Wildman–Crippen MR) is 124 cm³/mol. The average Bonchev–Trinajstić information content (AvgIpc) is 2.75. The number of benzene rings is 3. The van der Waals surface area contributed by atoms with Crippen LogP contribution in [0.1, 0.15) is 11.1 Å². The average molecular weight is 476 g/mol. The minimum Gasteiger partial charge on any atom is -0.271 e. The van der Waals surface area contributed by atoms with E-state index in [1.807, 2.05) is 6.92 Å². The summed E-state index contributed by atoms with van der Waals surface area (Å²) in [6.45, 7) is 1.43. The second-order valence-corrected chi connectivity index (χ2v) is 9.27. The molecule has 31 heavy (non-hydrogen) atoms. The molecule has 0 heterocycles. The van der Waals surface area contributed by atoms with Crippen LogP contribution in [0.15, 0.2) is 82.8 Å². The third-order valence-electron chi connectivity index (χ3n) is 4.32. The molecule has 9 heteroatoms. The van der Waals surface area contributed by atoms with Crippen LogP contribution in [0.4, 0.5) is 5.69 Å². The molecule has 0 aromatic heterocycles. The maximum absolute atomic E-state index is 13.2. The number of hydrogen-bond acceptors (Lipinski definition) is 4. The molecule has 0 spiro atoms. The minimum absolute atomic E-state index is 0.0784. The van der Waals surface area contributed by atoms with Crippen LogP contribution >= 0.6 is 23.2 Å². The molecule has 0 saturated heterocycles. The number of carbonyl (C=O) groups excluding carboxylic acids is 1. The fraction of sp³-hybridized carbons (Fsp3) is 0.0909. The lowest BCUT2D eigenvalue weighted by atomic mass is 10.2. The Balaban J connectivity index is 1.84. The summed E-state index contributed by atoms with van der Waals surface area (Å²) < 4.78 is 27.5. The fourth-order valence-electron chi connectivity index (χ4n) is 2.71. The van der Waals surface area contributed by atoms with Crippen LogP contribution in [0.3, 0.4) is 0 Å². The lowest BCUT2D eigenvalue weighted by molar-refractivity contribution is -0.119. The highest BCUT2D eigenvalue weighted by Gasteiger charge is 2.27. The van der Waals surface area contributed by atoms with E-state index in [2.05, 4.69) is 10.5 Å². The van der Waals surface area contributed by atoms with Gasteiger partial charge in [0.1, 0.15) is 6.54 Å². The molecule has 0 atom stereocenters. The molecule has 6 nitrogen and oxygen atoms in total. The van der Waals surface area contributed by atoms with Gasteiger partial charge in [-0.1, -0.05) is 65.2 Å². The first-order valence-corrected chi connectivity index (χ1v) is 11.4. The number of carbonyl (C=O) groups is 1. The van der Waals surface area contributed by atoms with Gasteiger partial charge in [0.25, 0.3) is 15.9 Å². The van der Waals surface area contributed by atoms with Crippen LogP contribution in [0.5, 0.6) is 0 Å². The van der Waals surface area contributed by atoms with Gasteiger partial charge in [0.2, 0.25) is 0 Å². The summed E-state index contributed by atoms with van der Waals surface area (Å²) in [5.74, 6) is -0.625. The Morgan fingerprint density at radius 3 is 2.19 bits per heavy atom. The quantitative estimate of drug-likeness (QED) is 0.399. The number of nitrogens with zero attached hydrogens (tertiary/aromatic N) is 2. The molecular formula is C22H19Cl2N3O3S. The number of nitrogens with one attached hydrogen (secondary N) is 1. The molecule has 0 fully saturated rings. The van der Waals surface area contributed by atoms with Gasteiger partial charge < -0.3 is 0 Å². The van der Waals surface area contributed by atoms with E-state index in [9.17, 15) is 13.2 Å². The lowest BCUT2D eigenvalue weighted by Gasteiger charge is -2.23. The third-order valence-corrected chi connectivity index (χ3v) is 6.77. The van der Waals surface area contributed by atoms with Crippen molar-refractivity contribution in [2.45, 2.75) is 11.8 Å². The van der Waals surface area contributed by atoms with Crippen LogP contribution in [0, 0.1) is 6.92 Å². The van der Waals surface area contributed by atoms with Gasteiger partial charge in [0, 0.05) is 5.56 Å². The molecule has 3 rings (SSSR count). The van der Waals surface area contributed by atoms with E-state index in [4.69, 9.17) is 23.2 Å². The maximum atomic E-state index is 13.2. The molecule has 1 amide bonds. The van der Waals surface area contributed by atoms with Crippen LogP contribution in [0.2, 0.25) is 10.0 Å². The van der Waals surface area contributed by atoms with Gasteiger partial charge in [-0.3, -0.25) is 9.10 Å². The van der Waals surface area contributed by atoms with E-state index >= 15 is 0 Å². The molecule has 3 aromatic rings. The molecule has 0 aliphatic heterocycles. The summed E-state index contributed by atoms with van der Waals surface area (Å²) in [5, 5.41) is 4.61. The summed E-state index contributed by atoms with van der Waals surface area (Å²) in [5.41, 5.74) is 4.10. The summed E-state index contributed by atoms with van der Waals surface area (Å²) in [6, 6.07) is 19.7. The topological polar surface area (TPSA) is 78.8 Å². The van der Waals surface area contributed by atoms with Gasteiger partial charge in [-0.05, 0) is 43.3 Å². The fourth-order valence-corrected chi connectivity index (χ4v) is 4.65. The van der Waals surface area contributed by atoms with E-state index in [1.165, 1.54) is 18.3 Å². The molecule has 0 aliphatic rings. The van der Waals surface area contributed by atoms with E-state index in [1.54, 1.807) is 60.7 Å². The zero-order chi connectivity index (χ0) is 22.4. The van der Waals surface area contributed by atoms with Crippen LogP contribution < -0.4 is 9.73 Å². The Labute approximate surface area is 191 Å². The van der Waals surface area contributed by atoms with Crippen molar-refractivity contribution < 1.29 is 13.2 Å². The zero-order valence-corrected chi connectivity index (χ0v) is 18.8. The van der Waals surface area contributed by atoms with Gasteiger partial charge in [-0.25, -0.2) is 13.8 Å². The van der Waals surface area contributed by atoms with E-state index < -0.39 is 22.5 Å². The standard InChI is InChI=1S/C22H19Cl2N3O3S/c1-16-10-12-17(13-11-16)27(31(29,30)18-6-3-2-4-7-18)15-22(28)26-25-14-19-20(23)8-5-9-21(19)24/h2-14H,15H2,1H3,(H,26,28)/b25-14-. The van der Waals surface area contributed by atoms with Gasteiger partial charge >= 0.3 is 0 Å². The maximum Gasteiger partial charge on any atom is 0.264 e. The Kier molecular flexibility index (Phi) is 7.33. The molecule has 1 N–H and O–H groups in total. The van der Waals surface area contributed by atoms with Crippen molar-refractivity contribution in [2.24, 2.45) is 5.10 Å². The highest BCUT2D eigenvalue weighted by molar-refractivity contribution is 7.92. The van der Waals surface area contributed by atoms with Crippen LogP contribution in [0.25, 0.3) is 0 Å². The summed E-state index contributed by atoms with van der Waals surface area (Å²) >= 11 is 12.1. The third kappa shape index (κ3) is 5.64. The van der Waals surface area contributed by atoms with E-state index in [-0.39, 0.29) is 4.90 Å². The number of hydrazone groups is 1. The minimum atomic E-state index is -3.97.